The molecular formula is C14H20N2O. The number of hydrogen-bond donors (Lipinski definition) is 1. The van der Waals surface area contributed by atoms with Crippen molar-refractivity contribution < 1.29 is 4.79 Å². The third kappa shape index (κ3) is 3.86. The quantitative estimate of drug-likeness (QED) is 0.787. The van der Waals surface area contributed by atoms with Gasteiger partial charge in [-0.1, -0.05) is 30.7 Å². The molecule has 1 fully saturated rings. The van der Waals surface area contributed by atoms with Crippen LogP contribution in [0.5, 0.6) is 0 Å². The summed E-state index contributed by atoms with van der Waals surface area (Å²) >= 11 is 0. The molecule has 17 heavy (non-hydrogen) atoms. The van der Waals surface area contributed by atoms with Gasteiger partial charge in [0.1, 0.15) is 0 Å². The molecular weight excluding hydrogens is 212 g/mol. The molecule has 0 atom stereocenters. The van der Waals surface area contributed by atoms with E-state index in [1.807, 2.05) is 0 Å². The van der Waals surface area contributed by atoms with Crippen molar-refractivity contribution in [3.8, 4) is 0 Å². The number of likely N-dealkylation sites (tertiary alicyclic amines) is 1. The molecule has 1 amide bonds. The first-order chi connectivity index (χ1) is 8.38. The Morgan fingerprint density at radius 2 is 1.71 bits per heavy atom. The second-order valence-corrected chi connectivity index (χ2v) is 4.65. The number of carbonyl (C=O) groups is 1. The van der Waals surface area contributed by atoms with E-state index >= 15 is 0 Å². The standard InChI is InChI=1S/C14H20N2O/c17-12-15-10-13-4-6-14(7-5-13)11-16-8-2-1-3-9-16/h4-7,12H,1-3,8-11H2,(H,15,17). The van der Waals surface area contributed by atoms with E-state index in [4.69, 9.17) is 0 Å². The number of hydrogen-bond acceptors (Lipinski definition) is 2. The van der Waals surface area contributed by atoms with E-state index in [-0.39, 0.29) is 0 Å². The van der Waals surface area contributed by atoms with E-state index in [0.717, 1.165) is 18.5 Å². The number of piperidine rings is 1. The molecule has 1 aliphatic rings. The molecule has 2 rings (SSSR count). The summed E-state index contributed by atoms with van der Waals surface area (Å²) in [6.07, 6.45) is 4.79. The van der Waals surface area contributed by atoms with Crippen LogP contribution in [0.2, 0.25) is 0 Å². The number of nitrogens with zero attached hydrogens (tertiary/aromatic N) is 1. The maximum Gasteiger partial charge on any atom is 0.207 e. The molecule has 0 spiro atoms. The molecule has 1 aromatic rings. The molecule has 1 heterocycles. The fourth-order valence-corrected chi connectivity index (χ4v) is 2.30. The SMILES string of the molecule is O=CNCc1ccc(CN2CCCCC2)cc1. The van der Waals surface area contributed by atoms with Gasteiger partial charge in [-0.25, -0.2) is 0 Å². The lowest BCUT2D eigenvalue weighted by Crippen LogP contribution is -2.29. The largest absolute Gasteiger partial charge is 0.355 e. The fraction of sp³-hybridized carbons (Fsp3) is 0.500. The Morgan fingerprint density at radius 3 is 2.35 bits per heavy atom. The lowest BCUT2D eigenvalue weighted by atomic mass is 10.1. The average Bonchev–Trinajstić information content (AvgIpc) is 2.39. The summed E-state index contributed by atoms with van der Waals surface area (Å²) in [4.78, 5) is 12.7. The van der Waals surface area contributed by atoms with Crippen LogP contribution in [0.1, 0.15) is 30.4 Å². The van der Waals surface area contributed by atoms with Gasteiger partial charge in [0.15, 0.2) is 0 Å². The number of rotatable bonds is 5. The third-order valence-corrected chi connectivity index (χ3v) is 3.27. The van der Waals surface area contributed by atoms with Crippen LogP contribution >= 0.6 is 0 Å². The number of amides is 1. The maximum atomic E-state index is 10.2. The Hall–Kier alpha value is -1.35. The number of carbonyl (C=O) groups excluding carboxylic acids is 1. The van der Waals surface area contributed by atoms with Crippen molar-refractivity contribution in [2.75, 3.05) is 13.1 Å². The molecule has 0 aliphatic carbocycles. The van der Waals surface area contributed by atoms with Gasteiger partial charge in [-0.05, 0) is 37.1 Å². The summed E-state index contributed by atoms with van der Waals surface area (Å²) in [7, 11) is 0. The lowest BCUT2D eigenvalue weighted by Gasteiger charge is -2.26. The molecule has 1 N–H and O–H groups in total. The van der Waals surface area contributed by atoms with Crippen molar-refractivity contribution in [3.05, 3.63) is 35.4 Å². The summed E-state index contributed by atoms with van der Waals surface area (Å²) in [5.74, 6) is 0. The van der Waals surface area contributed by atoms with Crippen LogP contribution in [0.25, 0.3) is 0 Å². The topological polar surface area (TPSA) is 32.3 Å². The fourth-order valence-electron chi connectivity index (χ4n) is 2.30. The minimum absolute atomic E-state index is 0.619. The van der Waals surface area contributed by atoms with Crippen LogP contribution in [0, 0.1) is 0 Å². The summed E-state index contributed by atoms with van der Waals surface area (Å²) < 4.78 is 0. The molecule has 0 saturated carbocycles. The first-order valence-corrected chi connectivity index (χ1v) is 6.36. The van der Waals surface area contributed by atoms with Gasteiger partial charge < -0.3 is 5.32 Å². The minimum Gasteiger partial charge on any atom is -0.355 e. The van der Waals surface area contributed by atoms with Gasteiger partial charge in [0.05, 0.1) is 0 Å². The predicted molar refractivity (Wildman–Crippen MR) is 68.5 cm³/mol. The van der Waals surface area contributed by atoms with E-state index in [2.05, 4.69) is 34.5 Å². The second-order valence-electron chi connectivity index (χ2n) is 4.65. The Morgan fingerprint density at radius 1 is 1.06 bits per heavy atom. The highest BCUT2D eigenvalue weighted by atomic mass is 16.1. The molecule has 3 nitrogen and oxygen atoms in total. The van der Waals surface area contributed by atoms with Crippen molar-refractivity contribution in [2.45, 2.75) is 32.4 Å². The molecule has 0 radical (unpaired) electrons. The minimum atomic E-state index is 0.619. The first kappa shape index (κ1) is 12.1. The van der Waals surface area contributed by atoms with Crippen LogP contribution in [0.4, 0.5) is 0 Å². The summed E-state index contributed by atoms with van der Waals surface area (Å²) in [6, 6.07) is 8.51. The maximum absolute atomic E-state index is 10.2. The van der Waals surface area contributed by atoms with Crippen LogP contribution in [0.15, 0.2) is 24.3 Å². The average molecular weight is 232 g/mol. The van der Waals surface area contributed by atoms with E-state index in [9.17, 15) is 4.79 Å². The monoisotopic (exact) mass is 232 g/mol. The molecule has 0 bridgehead atoms. The molecule has 92 valence electrons. The Kier molecular flexibility index (Phi) is 4.56. The lowest BCUT2D eigenvalue weighted by molar-refractivity contribution is -0.109. The predicted octanol–water partition coefficient (Wildman–Crippen LogP) is 1.92. The van der Waals surface area contributed by atoms with E-state index in [1.165, 1.54) is 37.9 Å². The molecule has 1 aliphatic heterocycles. The highest BCUT2D eigenvalue weighted by Crippen LogP contribution is 2.13. The van der Waals surface area contributed by atoms with Gasteiger partial charge >= 0.3 is 0 Å². The zero-order valence-electron chi connectivity index (χ0n) is 10.2. The van der Waals surface area contributed by atoms with Gasteiger partial charge in [-0.15, -0.1) is 0 Å². The van der Waals surface area contributed by atoms with Crippen molar-refractivity contribution in [1.82, 2.24) is 10.2 Å². The second kappa shape index (κ2) is 6.40. The van der Waals surface area contributed by atoms with Crippen LogP contribution in [-0.4, -0.2) is 24.4 Å². The molecule has 1 aromatic carbocycles. The van der Waals surface area contributed by atoms with Crippen LogP contribution in [-0.2, 0) is 17.9 Å². The van der Waals surface area contributed by atoms with Crippen molar-refractivity contribution in [3.63, 3.8) is 0 Å². The Balaban J connectivity index is 1.86. The molecule has 0 unspecified atom stereocenters. The third-order valence-electron chi connectivity index (χ3n) is 3.27. The smallest absolute Gasteiger partial charge is 0.207 e. The highest BCUT2D eigenvalue weighted by Gasteiger charge is 2.09. The van der Waals surface area contributed by atoms with Gasteiger partial charge in [0, 0.05) is 13.1 Å². The highest BCUT2D eigenvalue weighted by molar-refractivity contribution is 5.46. The van der Waals surface area contributed by atoms with Crippen molar-refractivity contribution in [1.29, 1.82) is 0 Å². The summed E-state index contributed by atoms with van der Waals surface area (Å²) in [6.45, 7) is 4.14. The molecule has 1 saturated heterocycles. The normalized spacial score (nSPS) is 16.7. The van der Waals surface area contributed by atoms with E-state index < -0.39 is 0 Å². The van der Waals surface area contributed by atoms with Gasteiger partial charge in [0.2, 0.25) is 6.41 Å². The first-order valence-electron chi connectivity index (χ1n) is 6.36. The Labute approximate surface area is 103 Å². The van der Waals surface area contributed by atoms with Crippen LogP contribution < -0.4 is 5.32 Å². The van der Waals surface area contributed by atoms with Gasteiger partial charge in [-0.3, -0.25) is 9.69 Å². The number of nitrogens with one attached hydrogen (secondary N) is 1. The molecule has 0 aromatic heterocycles. The zero-order chi connectivity index (χ0) is 11.9. The summed E-state index contributed by atoms with van der Waals surface area (Å²) in [5, 5.41) is 2.67. The van der Waals surface area contributed by atoms with Gasteiger partial charge in [0.25, 0.3) is 0 Å². The van der Waals surface area contributed by atoms with E-state index in [1.54, 1.807) is 0 Å². The number of benzene rings is 1. The zero-order valence-corrected chi connectivity index (χ0v) is 10.2. The van der Waals surface area contributed by atoms with Gasteiger partial charge in [-0.2, -0.15) is 0 Å². The van der Waals surface area contributed by atoms with Crippen molar-refractivity contribution >= 4 is 6.41 Å². The van der Waals surface area contributed by atoms with Crippen LogP contribution in [0.3, 0.4) is 0 Å². The van der Waals surface area contributed by atoms with Crippen molar-refractivity contribution in [2.24, 2.45) is 0 Å². The van der Waals surface area contributed by atoms with E-state index in [0.29, 0.717) is 6.54 Å². The summed E-state index contributed by atoms with van der Waals surface area (Å²) in [5.41, 5.74) is 2.52. The Bertz CT molecular complexity index is 342. The molecule has 3 heteroatoms.